The molecule has 39 heavy (non-hydrogen) atoms. The average Bonchev–Trinajstić information content (AvgIpc) is 3.66. The largest absolute Gasteiger partial charge is 0.352 e. The van der Waals surface area contributed by atoms with Crippen LogP contribution in [0.5, 0.6) is 0 Å². The highest BCUT2D eigenvalue weighted by atomic mass is 79.9. The quantitative estimate of drug-likeness (QED) is 0.265. The van der Waals surface area contributed by atoms with Gasteiger partial charge in [0.05, 0.1) is 16.8 Å². The third kappa shape index (κ3) is 3.33. The molecule has 1 spiro atoms. The van der Waals surface area contributed by atoms with Crippen molar-refractivity contribution in [3.63, 3.8) is 0 Å². The number of nitrogens with one attached hydrogen (secondary N) is 1. The summed E-state index contributed by atoms with van der Waals surface area (Å²) in [6.07, 6.45) is 2.08. The monoisotopic (exact) mass is 594 g/mol. The number of para-hydroxylation sites is 2. The van der Waals surface area contributed by atoms with Gasteiger partial charge in [0.1, 0.15) is 11.5 Å². The minimum Gasteiger partial charge on any atom is -0.352 e. The van der Waals surface area contributed by atoms with Gasteiger partial charge in [0.15, 0.2) is 11.6 Å². The molecule has 0 aliphatic carbocycles. The number of carbonyl (C=O) groups excluding carboxylic acids is 3. The van der Waals surface area contributed by atoms with Crippen LogP contribution in [0.1, 0.15) is 38.1 Å². The van der Waals surface area contributed by atoms with E-state index in [2.05, 4.69) is 27.3 Å². The molecule has 4 aromatic rings. The second-order valence-corrected chi connectivity index (χ2v) is 12.1. The summed E-state index contributed by atoms with van der Waals surface area (Å²) in [5, 5.41) is 4.95. The number of fused-ring (bicyclic) bond motifs is 6. The van der Waals surface area contributed by atoms with Crippen molar-refractivity contribution in [3.05, 3.63) is 122 Å². The Bertz CT molecular complexity index is 1690. The third-order valence-corrected chi connectivity index (χ3v) is 9.74. The molecule has 192 valence electrons. The molecule has 4 heterocycles. The van der Waals surface area contributed by atoms with E-state index in [9.17, 15) is 14.4 Å². The molecule has 7 rings (SSSR count). The van der Waals surface area contributed by atoms with E-state index in [1.165, 1.54) is 11.3 Å². The summed E-state index contributed by atoms with van der Waals surface area (Å²) in [5.41, 5.74) is 3.49. The number of benzene rings is 3. The number of halogens is 1. The lowest BCUT2D eigenvalue weighted by Crippen LogP contribution is -2.51. The Morgan fingerprint density at radius 1 is 0.923 bits per heavy atom. The molecule has 3 aromatic carbocycles. The van der Waals surface area contributed by atoms with Crippen molar-refractivity contribution in [2.45, 2.75) is 24.4 Å². The minimum atomic E-state index is -1.30. The zero-order valence-corrected chi connectivity index (χ0v) is 23.3. The smallest absolute Gasteiger partial charge is 0.238 e. The van der Waals surface area contributed by atoms with Crippen LogP contribution in [-0.4, -0.2) is 29.6 Å². The van der Waals surface area contributed by atoms with Crippen LogP contribution < -0.4 is 10.2 Å². The van der Waals surface area contributed by atoms with Gasteiger partial charge in [-0.05, 0) is 53.8 Å². The van der Waals surface area contributed by atoms with Gasteiger partial charge in [-0.3, -0.25) is 14.4 Å². The summed E-state index contributed by atoms with van der Waals surface area (Å²) in [6.45, 7) is 2.03. The highest BCUT2D eigenvalue weighted by Gasteiger charge is 2.70. The predicted molar refractivity (Wildman–Crippen MR) is 158 cm³/mol. The van der Waals surface area contributed by atoms with E-state index in [4.69, 9.17) is 0 Å². The van der Waals surface area contributed by atoms with Crippen LogP contribution in [0.25, 0.3) is 5.57 Å². The Labute approximate surface area is 238 Å². The van der Waals surface area contributed by atoms with Crippen LogP contribution in [0.3, 0.4) is 0 Å². The average molecular weight is 596 g/mol. The fourth-order valence-electron chi connectivity index (χ4n) is 6.75. The van der Waals surface area contributed by atoms with E-state index in [-0.39, 0.29) is 17.5 Å². The molecule has 7 heteroatoms. The maximum absolute atomic E-state index is 14.7. The lowest BCUT2D eigenvalue weighted by molar-refractivity contribution is -0.121. The number of Topliss-reactive ketones (excluding diaryl/α,β-unsaturated/α-hetero) is 2. The predicted octanol–water partition coefficient (Wildman–Crippen LogP) is 6.76. The number of amides is 1. The molecule has 1 N–H and O–H groups in total. The molecule has 1 saturated heterocycles. The molecule has 0 radical (unpaired) electrons. The lowest BCUT2D eigenvalue weighted by Gasteiger charge is -2.39. The van der Waals surface area contributed by atoms with Gasteiger partial charge >= 0.3 is 0 Å². The molecule has 4 atom stereocenters. The number of rotatable bonds is 4. The first-order valence-corrected chi connectivity index (χ1v) is 14.4. The summed E-state index contributed by atoms with van der Waals surface area (Å²) < 4.78 is 0.847. The van der Waals surface area contributed by atoms with Gasteiger partial charge in [0, 0.05) is 27.0 Å². The first kappa shape index (κ1) is 24.2. The van der Waals surface area contributed by atoms with E-state index >= 15 is 0 Å². The van der Waals surface area contributed by atoms with Crippen molar-refractivity contribution in [2.75, 3.05) is 10.2 Å². The topological polar surface area (TPSA) is 66.5 Å². The number of anilines is 2. The SMILES string of the molecule is CC1=C[C@@H]2N(c3ccccc31)[C@H](C(=O)c1cccs1)[C@@H](C(=O)c1ccc(Br)cc1)[C@]21C(=O)Nc2ccccc21. The highest BCUT2D eigenvalue weighted by Crippen LogP contribution is 2.58. The van der Waals surface area contributed by atoms with Gasteiger partial charge in [-0.15, -0.1) is 11.3 Å². The molecule has 0 saturated carbocycles. The fourth-order valence-corrected chi connectivity index (χ4v) is 7.71. The van der Waals surface area contributed by atoms with Crippen molar-refractivity contribution in [1.82, 2.24) is 0 Å². The molecule has 0 bridgehead atoms. The Morgan fingerprint density at radius 2 is 1.67 bits per heavy atom. The number of hydrogen-bond acceptors (Lipinski definition) is 5. The van der Waals surface area contributed by atoms with E-state index < -0.39 is 23.4 Å². The van der Waals surface area contributed by atoms with Crippen LogP contribution in [-0.2, 0) is 10.2 Å². The summed E-state index contributed by atoms with van der Waals surface area (Å²) in [6, 6.07) is 24.9. The van der Waals surface area contributed by atoms with Gasteiger partial charge in [0.25, 0.3) is 0 Å². The molecule has 1 aromatic heterocycles. The number of ketones is 2. The Kier molecular flexibility index (Phi) is 5.51. The van der Waals surface area contributed by atoms with Crippen LogP contribution in [0.2, 0.25) is 0 Å². The van der Waals surface area contributed by atoms with Crippen molar-refractivity contribution in [1.29, 1.82) is 0 Å². The maximum Gasteiger partial charge on any atom is 0.238 e. The van der Waals surface area contributed by atoms with Crippen molar-refractivity contribution < 1.29 is 14.4 Å². The summed E-state index contributed by atoms with van der Waals surface area (Å²) >= 11 is 4.82. The first-order chi connectivity index (χ1) is 18.9. The summed E-state index contributed by atoms with van der Waals surface area (Å²) in [5.74, 6) is -1.58. The van der Waals surface area contributed by atoms with Crippen molar-refractivity contribution in [3.8, 4) is 0 Å². The Hall–Kier alpha value is -3.81. The number of hydrogen-bond donors (Lipinski definition) is 1. The lowest BCUT2D eigenvalue weighted by atomic mass is 9.64. The number of nitrogens with zero attached hydrogens (tertiary/aromatic N) is 1. The van der Waals surface area contributed by atoms with Gasteiger partial charge in [-0.2, -0.15) is 0 Å². The van der Waals surface area contributed by atoms with E-state index in [0.29, 0.717) is 16.1 Å². The van der Waals surface area contributed by atoms with Gasteiger partial charge in [-0.1, -0.05) is 76.6 Å². The minimum absolute atomic E-state index is 0.151. The van der Waals surface area contributed by atoms with Crippen molar-refractivity contribution >= 4 is 61.7 Å². The van der Waals surface area contributed by atoms with Crippen LogP contribution in [0.4, 0.5) is 11.4 Å². The fraction of sp³-hybridized carbons (Fsp3) is 0.156. The standard InChI is InChI=1S/C32H23BrN2O3S/c1-18-17-26-32(22-8-3-4-9-23(22)34-31(32)38)27(29(36)19-12-14-20(33)15-13-19)28(30(37)25-11-6-16-39-25)35(26)24-10-5-2-7-21(18)24/h2-17,26-28H,1H3,(H,34,38)/t26-,27-,28-,32+/m0/s1. The zero-order valence-electron chi connectivity index (χ0n) is 20.9. The van der Waals surface area contributed by atoms with Crippen LogP contribution >= 0.6 is 27.3 Å². The number of thiophene rings is 1. The Balaban J connectivity index is 1.56. The van der Waals surface area contributed by atoms with E-state index in [1.807, 2.05) is 83.9 Å². The van der Waals surface area contributed by atoms with Crippen molar-refractivity contribution in [2.24, 2.45) is 5.92 Å². The summed E-state index contributed by atoms with van der Waals surface area (Å²) in [7, 11) is 0. The van der Waals surface area contributed by atoms with Gasteiger partial charge < -0.3 is 10.2 Å². The second kappa shape index (κ2) is 8.86. The molecular formula is C32H23BrN2O3S. The third-order valence-electron chi connectivity index (χ3n) is 8.33. The molecule has 0 unspecified atom stereocenters. The normalized spacial score (nSPS) is 24.6. The Morgan fingerprint density at radius 3 is 2.44 bits per heavy atom. The molecule has 5 nitrogen and oxygen atoms in total. The zero-order chi connectivity index (χ0) is 26.9. The number of carbonyl (C=O) groups is 3. The first-order valence-electron chi connectivity index (χ1n) is 12.8. The highest BCUT2D eigenvalue weighted by molar-refractivity contribution is 9.10. The van der Waals surface area contributed by atoms with Gasteiger partial charge in [-0.25, -0.2) is 0 Å². The molecule has 3 aliphatic heterocycles. The van der Waals surface area contributed by atoms with E-state index in [0.717, 1.165) is 26.9 Å². The second-order valence-electron chi connectivity index (χ2n) is 10.2. The van der Waals surface area contributed by atoms with Gasteiger partial charge in [0.2, 0.25) is 5.91 Å². The van der Waals surface area contributed by atoms with E-state index in [1.54, 1.807) is 18.2 Å². The van der Waals surface area contributed by atoms with Crippen LogP contribution in [0, 0.1) is 5.92 Å². The van der Waals surface area contributed by atoms with Crippen LogP contribution in [0.15, 0.2) is 101 Å². The molecule has 1 fully saturated rings. The molecule has 3 aliphatic rings. The summed E-state index contributed by atoms with van der Waals surface area (Å²) in [4.78, 5) is 46.1. The maximum atomic E-state index is 14.7. The molecule has 1 amide bonds. The molecular weight excluding hydrogens is 572 g/mol. The number of allylic oxidation sites excluding steroid dienone is 1.